The molecule has 5 aromatic rings. The number of allylic oxidation sites excluding steroid dienone is 2. The van der Waals surface area contributed by atoms with Gasteiger partial charge in [0.2, 0.25) is 0 Å². The Morgan fingerprint density at radius 1 is 0.872 bits per heavy atom. The summed E-state index contributed by atoms with van der Waals surface area (Å²) in [5.74, 6) is 0.768. The minimum absolute atomic E-state index is 0. The summed E-state index contributed by atoms with van der Waals surface area (Å²) in [6, 6.07) is 28.7. The maximum absolute atomic E-state index is 10.0. The van der Waals surface area contributed by atoms with E-state index < -0.39 is 0 Å². The zero-order valence-corrected chi connectivity index (χ0v) is 25.4. The molecule has 201 valence electrons. The maximum atomic E-state index is 10.0. The molecule has 0 amide bonds. The average molecular weight is 695 g/mol. The van der Waals surface area contributed by atoms with Crippen molar-refractivity contribution < 1.29 is 34.4 Å². The number of hydrogen-bond donors (Lipinski definition) is 1. The van der Waals surface area contributed by atoms with Gasteiger partial charge >= 0.3 is 0 Å². The number of pyridine rings is 1. The van der Waals surface area contributed by atoms with E-state index in [0.29, 0.717) is 0 Å². The van der Waals surface area contributed by atoms with Crippen LogP contribution >= 0.6 is 0 Å². The molecule has 1 radical (unpaired) electrons. The summed E-state index contributed by atoms with van der Waals surface area (Å²) in [5.41, 5.74) is 12.1. The molecule has 5 rings (SSSR count). The number of aliphatic hydroxyl groups excluding tert-OH is 1. The second kappa shape index (κ2) is 12.8. The molecule has 3 aromatic carbocycles. The van der Waals surface area contributed by atoms with Gasteiger partial charge in [-0.25, -0.2) is 0 Å². The first-order valence-electron chi connectivity index (χ1n) is 12.6. The summed E-state index contributed by atoms with van der Waals surface area (Å²) < 4.78 is 6.11. The maximum Gasteiger partial charge on any atom is 0.155 e. The van der Waals surface area contributed by atoms with Crippen LogP contribution in [-0.2, 0) is 24.9 Å². The van der Waals surface area contributed by atoms with Crippen LogP contribution in [0.4, 0.5) is 0 Å². The fourth-order valence-corrected chi connectivity index (χ4v) is 4.61. The van der Waals surface area contributed by atoms with Crippen LogP contribution in [0.5, 0.6) is 0 Å². The van der Waals surface area contributed by atoms with Gasteiger partial charge in [-0.1, -0.05) is 62.4 Å². The number of hydrogen-bond acceptors (Lipinski definition) is 4. The monoisotopic (exact) mass is 695 g/mol. The first-order valence-corrected chi connectivity index (χ1v) is 12.6. The molecule has 0 aliphatic carbocycles. The van der Waals surface area contributed by atoms with E-state index in [1.807, 2.05) is 18.2 Å². The van der Waals surface area contributed by atoms with Crippen molar-refractivity contribution in [3.63, 3.8) is 0 Å². The largest absolute Gasteiger partial charge is 0.512 e. The molecule has 0 fully saturated rings. The van der Waals surface area contributed by atoms with Crippen LogP contribution in [-0.4, -0.2) is 15.9 Å². The number of carbonyl (C=O) groups excluding carboxylic acids is 1. The van der Waals surface area contributed by atoms with Gasteiger partial charge in [-0.2, -0.15) is 0 Å². The van der Waals surface area contributed by atoms with E-state index in [4.69, 9.17) is 14.5 Å². The Labute approximate surface area is 243 Å². The molecule has 0 saturated carbocycles. The van der Waals surface area contributed by atoms with Gasteiger partial charge in [0.25, 0.3) is 0 Å². The molecule has 0 spiro atoms. The van der Waals surface area contributed by atoms with Crippen molar-refractivity contribution in [1.82, 2.24) is 4.98 Å². The number of nitrogens with zero attached hydrogens (tertiary/aromatic N) is 1. The summed E-state index contributed by atoms with van der Waals surface area (Å²) in [7, 11) is 0. The number of benzene rings is 3. The van der Waals surface area contributed by atoms with Crippen molar-refractivity contribution in [2.45, 2.75) is 41.5 Å². The zero-order valence-electron chi connectivity index (χ0n) is 23.0. The van der Waals surface area contributed by atoms with Crippen LogP contribution in [0.25, 0.3) is 44.8 Å². The van der Waals surface area contributed by atoms with E-state index in [2.05, 4.69) is 88.4 Å². The van der Waals surface area contributed by atoms with Crippen molar-refractivity contribution >= 4 is 16.9 Å². The Kier molecular flexibility index (Phi) is 9.80. The van der Waals surface area contributed by atoms with Crippen LogP contribution < -0.4 is 0 Å². The van der Waals surface area contributed by atoms with Crippen molar-refractivity contribution in [1.29, 1.82) is 0 Å². The Balaban J connectivity index is 0.000000468. The van der Waals surface area contributed by atoms with E-state index in [-0.39, 0.29) is 31.6 Å². The minimum atomic E-state index is -0.125. The van der Waals surface area contributed by atoms with Gasteiger partial charge in [-0.3, -0.25) is 9.78 Å². The normalized spacial score (nSPS) is 11.0. The van der Waals surface area contributed by atoms with Gasteiger partial charge in [-0.15, -0.1) is 34.9 Å². The number of aryl methyl sites for hydroxylation is 4. The third-order valence-corrected chi connectivity index (χ3v) is 6.15. The predicted molar refractivity (Wildman–Crippen MR) is 155 cm³/mol. The molecule has 0 unspecified atom stereocenters. The average Bonchev–Trinajstić information content (AvgIpc) is 3.27. The van der Waals surface area contributed by atoms with Crippen LogP contribution in [0.3, 0.4) is 0 Å². The van der Waals surface area contributed by atoms with Crippen LogP contribution in [0.2, 0.25) is 0 Å². The van der Waals surface area contributed by atoms with Gasteiger partial charge in [0, 0.05) is 37.8 Å². The molecule has 2 aromatic heterocycles. The van der Waals surface area contributed by atoms with E-state index in [1.165, 1.54) is 47.7 Å². The Hall–Kier alpha value is -3.79. The Morgan fingerprint density at radius 2 is 1.51 bits per heavy atom. The number of rotatable bonds is 4. The molecule has 4 nitrogen and oxygen atoms in total. The van der Waals surface area contributed by atoms with E-state index in [0.717, 1.165) is 39.2 Å². The van der Waals surface area contributed by atoms with Gasteiger partial charge in [0.05, 0.1) is 11.3 Å². The van der Waals surface area contributed by atoms with E-state index in [1.54, 1.807) is 0 Å². The Morgan fingerprint density at radius 3 is 2.08 bits per heavy atom. The first-order chi connectivity index (χ1) is 18.1. The second-order valence-corrected chi connectivity index (χ2v) is 9.69. The van der Waals surface area contributed by atoms with Crippen LogP contribution in [0.15, 0.2) is 89.0 Å². The standard InChI is InChI=1S/C29H24NO.C5H8O2.Ir/c1-18-14-19(2)16-24(15-18)25-12-13-27-26(30-25)17-28(31-27)22-8-10-23(11-9-22)29-20(3)6-5-7-21(29)4;1-4(6)3-5(2)7;/h5-15,17H,1-4H3;3,6H,1-2H3;/q-1;;/b;4-3-;. The van der Waals surface area contributed by atoms with Gasteiger partial charge < -0.3 is 9.52 Å². The summed E-state index contributed by atoms with van der Waals surface area (Å²) in [6.45, 7) is 11.3. The zero-order chi connectivity index (χ0) is 27.4. The topological polar surface area (TPSA) is 63.3 Å². The van der Waals surface area contributed by atoms with E-state index in [9.17, 15) is 4.79 Å². The molecular formula is C34H32IrNO3-. The summed E-state index contributed by atoms with van der Waals surface area (Å²) in [6.07, 6.45) is 1.17. The van der Waals surface area contributed by atoms with Gasteiger partial charge in [0.15, 0.2) is 11.4 Å². The third-order valence-electron chi connectivity index (χ3n) is 6.15. The van der Waals surface area contributed by atoms with Crippen molar-refractivity contribution in [2.24, 2.45) is 0 Å². The number of aliphatic hydroxyl groups is 1. The van der Waals surface area contributed by atoms with Crippen LogP contribution in [0, 0.1) is 33.8 Å². The van der Waals surface area contributed by atoms with Crippen molar-refractivity contribution in [3.05, 3.63) is 113 Å². The second-order valence-electron chi connectivity index (χ2n) is 9.69. The molecule has 0 atom stereocenters. The first kappa shape index (κ1) is 29.8. The predicted octanol–water partition coefficient (Wildman–Crippen LogP) is 8.90. The quantitative estimate of drug-likeness (QED) is 0.116. The van der Waals surface area contributed by atoms with Gasteiger partial charge in [-0.05, 0) is 61.7 Å². The minimum Gasteiger partial charge on any atom is -0.512 e. The molecule has 0 aliphatic rings. The number of furan rings is 1. The fourth-order valence-electron chi connectivity index (χ4n) is 4.61. The molecule has 1 N–H and O–H groups in total. The number of aromatic nitrogens is 1. The number of carbonyl (C=O) groups is 1. The Bertz CT molecular complexity index is 1600. The molecule has 0 aliphatic heterocycles. The molecule has 2 heterocycles. The van der Waals surface area contributed by atoms with Crippen molar-refractivity contribution in [2.75, 3.05) is 0 Å². The molecule has 0 bridgehead atoms. The third kappa shape index (κ3) is 7.41. The number of ketones is 1. The van der Waals surface area contributed by atoms with Gasteiger partial charge in [0.1, 0.15) is 5.76 Å². The molecule has 5 heteroatoms. The van der Waals surface area contributed by atoms with Crippen molar-refractivity contribution in [3.8, 4) is 33.7 Å². The number of fused-ring (bicyclic) bond motifs is 1. The smallest absolute Gasteiger partial charge is 0.155 e. The van der Waals surface area contributed by atoms with E-state index >= 15 is 0 Å². The summed E-state index contributed by atoms with van der Waals surface area (Å²) in [5, 5.41) is 8.36. The molecular weight excluding hydrogens is 663 g/mol. The molecule has 0 saturated heterocycles. The summed E-state index contributed by atoms with van der Waals surface area (Å²) >= 11 is 0. The SMILES string of the molecule is CC(=O)/C=C(/C)O.Cc1[c-]c(-c2ccc3oc(-c4ccc(-c5c(C)cccc5C)cc4)cc3n2)cc(C)c1.[Ir]. The molecule has 39 heavy (non-hydrogen) atoms. The fraction of sp³-hybridized carbons (Fsp3) is 0.176. The van der Waals surface area contributed by atoms with Crippen LogP contribution in [0.1, 0.15) is 36.1 Å². The summed E-state index contributed by atoms with van der Waals surface area (Å²) in [4.78, 5) is 14.9.